The van der Waals surface area contributed by atoms with Crippen molar-refractivity contribution in [2.75, 3.05) is 40.3 Å². The fourth-order valence-electron chi connectivity index (χ4n) is 9.92. The number of likely N-dealkylation sites (N-methyl/N-ethyl adjacent to an activating group) is 2. The summed E-state index contributed by atoms with van der Waals surface area (Å²) in [5, 5.41) is 17.6. The van der Waals surface area contributed by atoms with Gasteiger partial charge in [0.1, 0.15) is 23.7 Å². The van der Waals surface area contributed by atoms with Crippen molar-refractivity contribution in [1.82, 2.24) is 51.7 Å². The van der Waals surface area contributed by atoms with E-state index in [-0.39, 0.29) is 59.1 Å². The van der Waals surface area contributed by atoms with Gasteiger partial charge in [-0.05, 0) is 177 Å². The lowest BCUT2D eigenvalue weighted by Gasteiger charge is -2.30. The standard InChI is InChI=1S/C59H76F2N10O8/c1-38(62-3)56(76)68-48(58(78)70-30-12-16-50(70)42-32-44(36-64-34-42)54(74)40-20-24-46(60)25-21-40)14-8-10-28-66-52(72)18-6-5-7-19-53(73)67-29-11-9-15-49(69-57(77)39(2)63-4)59(79)71-31-13-17-51(71)43-33-45(37-65-35-43)55(75)41-22-26-47(61)27-23-41/h20-27,32-39,48-51,62-63H,5-19,28-31H2,1-4H3,(H,66,72)(H,67,73)(H,68,76)(H,69,77)/t38-,39-,48?,49?,50-,51-/m0/s1. The van der Waals surface area contributed by atoms with Gasteiger partial charge in [0.25, 0.3) is 0 Å². The van der Waals surface area contributed by atoms with E-state index in [1.165, 1.54) is 60.9 Å². The molecule has 20 heteroatoms. The molecule has 0 spiro atoms. The van der Waals surface area contributed by atoms with E-state index in [1.807, 2.05) is 0 Å². The molecule has 2 fully saturated rings. The lowest BCUT2D eigenvalue weighted by atomic mass is 9.99. The van der Waals surface area contributed by atoms with Crippen molar-refractivity contribution >= 4 is 47.0 Å². The number of hydrogen-bond donors (Lipinski definition) is 6. The maximum atomic E-state index is 14.2. The number of halogens is 2. The third-order valence-electron chi connectivity index (χ3n) is 14.8. The highest BCUT2D eigenvalue weighted by molar-refractivity contribution is 6.09. The van der Waals surface area contributed by atoms with Gasteiger partial charge in [-0.2, -0.15) is 0 Å². The molecular weight excluding hydrogens is 1010 g/mol. The molecule has 0 bridgehead atoms. The summed E-state index contributed by atoms with van der Waals surface area (Å²) in [6.07, 6.45) is 14.3. The first-order valence-electron chi connectivity index (χ1n) is 27.7. The van der Waals surface area contributed by atoms with Gasteiger partial charge in [0.2, 0.25) is 35.4 Å². The molecule has 4 aromatic rings. The molecule has 2 aliphatic rings. The van der Waals surface area contributed by atoms with Gasteiger partial charge in [0.05, 0.1) is 24.2 Å². The minimum absolute atomic E-state index is 0.114. The highest BCUT2D eigenvalue weighted by atomic mass is 19.1. The van der Waals surface area contributed by atoms with Crippen molar-refractivity contribution in [3.05, 3.63) is 130 Å². The zero-order chi connectivity index (χ0) is 56.8. The second-order valence-corrected chi connectivity index (χ2v) is 20.5. The number of nitrogens with zero attached hydrogens (tertiary/aromatic N) is 4. The Hall–Kier alpha value is -7.32. The van der Waals surface area contributed by atoms with Gasteiger partial charge in [0, 0.05) is 86.1 Å². The summed E-state index contributed by atoms with van der Waals surface area (Å²) in [5.41, 5.74) is 2.67. The number of carbonyl (C=O) groups excluding carboxylic acids is 8. The number of amides is 6. The van der Waals surface area contributed by atoms with Crippen LogP contribution in [-0.2, 0) is 28.8 Å². The number of rotatable bonds is 30. The van der Waals surface area contributed by atoms with E-state index < -0.39 is 35.8 Å². The summed E-state index contributed by atoms with van der Waals surface area (Å²) in [6, 6.07) is 10.6. The van der Waals surface area contributed by atoms with Crippen LogP contribution in [0.25, 0.3) is 0 Å². The second kappa shape index (κ2) is 30.7. The van der Waals surface area contributed by atoms with Crippen molar-refractivity contribution in [3.63, 3.8) is 0 Å². The second-order valence-electron chi connectivity index (χ2n) is 20.5. The predicted octanol–water partition coefficient (Wildman–Crippen LogP) is 5.95. The Bertz CT molecular complexity index is 2550. The van der Waals surface area contributed by atoms with E-state index >= 15 is 0 Å². The summed E-state index contributed by atoms with van der Waals surface area (Å²) < 4.78 is 27.0. The number of likely N-dealkylation sites (tertiary alicyclic amines) is 2. The summed E-state index contributed by atoms with van der Waals surface area (Å²) in [5.74, 6) is -2.86. The SMILES string of the molecule is CN[C@@H](C)C(=O)NC(CCCCNC(=O)CCCCCC(=O)NCCCCC(NC(=O)[C@H](C)NC)C(=O)N1CCC[C@H]1c1cncc(C(=O)c2ccc(F)cc2)c1)C(=O)N1CCC[C@H]1c1cncc(C(=O)c2ccc(F)cc2)c1. The first-order chi connectivity index (χ1) is 38.1. The Morgan fingerprint density at radius 2 is 0.924 bits per heavy atom. The van der Waals surface area contributed by atoms with Crippen LogP contribution < -0.4 is 31.9 Å². The molecule has 424 valence electrons. The molecule has 2 aromatic heterocycles. The Morgan fingerprint density at radius 3 is 1.30 bits per heavy atom. The van der Waals surface area contributed by atoms with Gasteiger partial charge in [-0.3, -0.25) is 48.3 Å². The Kier molecular flexibility index (Phi) is 23.7. The minimum Gasteiger partial charge on any atom is -0.356 e. The molecule has 2 saturated heterocycles. The molecule has 4 heterocycles. The summed E-state index contributed by atoms with van der Waals surface area (Å²) in [4.78, 5) is 118. The fraction of sp³-hybridized carbons (Fsp3) is 0.492. The van der Waals surface area contributed by atoms with E-state index in [0.717, 1.165) is 12.8 Å². The number of benzene rings is 2. The van der Waals surface area contributed by atoms with Crippen LogP contribution >= 0.6 is 0 Å². The Labute approximate surface area is 461 Å². The van der Waals surface area contributed by atoms with Crippen molar-refractivity contribution in [2.45, 2.75) is 146 Å². The number of carbonyl (C=O) groups is 8. The van der Waals surface area contributed by atoms with Gasteiger partial charge in [0.15, 0.2) is 11.6 Å². The van der Waals surface area contributed by atoms with Gasteiger partial charge >= 0.3 is 0 Å². The number of unbranched alkanes of at least 4 members (excludes halogenated alkanes) is 4. The smallest absolute Gasteiger partial charge is 0.245 e. The lowest BCUT2D eigenvalue weighted by Crippen LogP contribution is -2.52. The fourth-order valence-corrected chi connectivity index (χ4v) is 9.92. The molecule has 6 atom stereocenters. The average Bonchev–Trinajstić information content (AvgIpc) is 4.18. The monoisotopic (exact) mass is 1090 g/mol. The van der Waals surface area contributed by atoms with E-state index in [4.69, 9.17) is 0 Å². The van der Waals surface area contributed by atoms with Gasteiger partial charge < -0.3 is 41.7 Å². The molecule has 6 amide bonds. The van der Waals surface area contributed by atoms with E-state index in [0.29, 0.717) is 143 Å². The quantitative estimate of drug-likeness (QED) is 0.0262. The van der Waals surface area contributed by atoms with Crippen LogP contribution in [0.4, 0.5) is 8.78 Å². The molecule has 6 N–H and O–H groups in total. The van der Waals surface area contributed by atoms with Crippen LogP contribution in [0.1, 0.15) is 165 Å². The summed E-state index contributed by atoms with van der Waals surface area (Å²) >= 11 is 0. The largest absolute Gasteiger partial charge is 0.356 e. The zero-order valence-electron chi connectivity index (χ0n) is 45.8. The van der Waals surface area contributed by atoms with Crippen molar-refractivity contribution < 1.29 is 47.1 Å². The van der Waals surface area contributed by atoms with Crippen molar-refractivity contribution in [3.8, 4) is 0 Å². The molecule has 0 saturated carbocycles. The van der Waals surface area contributed by atoms with Crippen molar-refractivity contribution in [1.29, 1.82) is 0 Å². The van der Waals surface area contributed by atoms with Crippen LogP contribution in [0.2, 0.25) is 0 Å². The van der Waals surface area contributed by atoms with Crippen LogP contribution in [0.15, 0.2) is 85.5 Å². The highest BCUT2D eigenvalue weighted by Gasteiger charge is 2.37. The summed E-state index contributed by atoms with van der Waals surface area (Å²) in [7, 11) is 3.32. The molecule has 2 aromatic carbocycles. The van der Waals surface area contributed by atoms with Crippen LogP contribution in [-0.4, -0.2) is 131 Å². The van der Waals surface area contributed by atoms with E-state index in [9.17, 15) is 47.1 Å². The molecule has 18 nitrogen and oxygen atoms in total. The molecule has 79 heavy (non-hydrogen) atoms. The number of nitrogens with one attached hydrogen (secondary N) is 6. The Balaban J connectivity index is 0.883. The zero-order valence-corrected chi connectivity index (χ0v) is 45.8. The maximum Gasteiger partial charge on any atom is 0.245 e. The first-order valence-corrected chi connectivity index (χ1v) is 27.7. The van der Waals surface area contributed by atoms with Gasteiger partial charge in [-0.25, -0.2) is 8.78 Å². The lowest BCUT2D eigenvalue weighted by molar-refractivity contribution is -0.138. The van der Waals surface area contributed by atoms with E-state index in [1.54, 1.807) is 62.3 Å². The number of ketones is 2. The predicted molar refractivity (Wildman–Crippen MR) is 293 cm³/mol. The molecule has 0 aliphatic carbocycles. The molecule has 2 unspecified atom stereocenters. The topological polar surface area (TPSA) is 241 Å². The molecule has 2 aliphatic heterocycles. The summed E-state index contributed by atoms with van der Waals surface area (Å²) in [6.45, 7) is 5.12. The third-order valence-corrected chi connectivity index (χ3v) is 14.8. The number of pyridine rings is 2. The van der Waals surface area contributed by atoms with Crippen LogP contribution in [0.3, 0.4) is 0 Å². The van der Waals surface area contributed by atoms with Crippen molar-refractivity contribution in [2.24, 2.45) is 0 Å². The average molecular weight is 1090 g/mol. The highest BCUT2D eigenvalue weighted by Crippen LogP contribution is 2.35. The number of hydrogen-bond acceptors (Lipinski definition) is 12. The minimum atomic E-state index is -0.815. The molecule has 0 radical (unpaired) electrons. The first kappa shape index (κ1) is 60.9. The maximum absolute atomic E-state index is 14.2. The molecular formula is C59H76F2N10O8. The Morgan fingerprint density at radius 1 is 0.532 bits per heavy atom. The normalized spacial score (nSPS) is 16.6. The van der Waals surface area contributed by atoms with Gasteiger partial charge in [-0.15, -0.1) is 0 Å². The van der Waals surface area contributed by atoms with Crippen LogP contribution in [0, 0.1) is 11.6 Å². The van der Waals surface area contributed by atoms with E-state index in [2.05, 4.69) is 41.9 Å². The number of aromatic nitrogens is 2. The molecule has 6 rings (SSSR count). The van der Waals surface area contributed by atoms with Crippen LogP contribution in [0.5, 0.6) is 0 Å². The van der Waals surface area contributed by atoms with Gasteiger partial charge in [-0.1, -0.05) is 6.42 Å². The third kappa shape index (κ3) is 17.8.